The molecule has 0 fully saturated rings. The van der Waals surface area contributed by atoms with Gasteiger partial charge in [-0.2, -0.15) is 0 Å². The summed E-state index contributed by atoms with van der Waals surface area (Å²) in [6.07, 6.45) is 2.70. The van der Waals surface area contributed by atoms with Crippen LogP contribution < -0.4 is 10.5 Å². The van der Waals surface area contributed by atoms with Crippen LogP contribution in [0.3, 0.4) is 0 Å². The van der Waals surface area contributed by atoms with Gasteiger partial charge >= 0.3 is 0 Å². The van der Waals surface area contributed by atoms with Gasteiger partial charge in [0.2, 0.25) is 0 Å². The Morgan fingerprint density at radius 1 is 1.47 bits per heavy atom. The summed E-state index contributed by atoms with van der Waals surface area (Å²) in [6.45, 7) is 4.12. The first-order valence-corrected chi connectivity index (χ1v) is 6.19. The van der Waals surface area contributed by atoms with E-state index in [0.29, 0.717) is 13.0 Å². The largest absolute Gasteiger partial charge is 0.493 e. The van der Waals surface area contributed by atoms with Crippen molar-refractivity contribution in [2.45, 2.75) is 44.8 Å². The van der Waals surface area contributed by atoms with E-state index in [1.807, 2.05) is 6.07 Å². The Morgan fingerprint density at radius 2 is 2.24 bits per heavy atom. The number of benzene rings is 1. The van der Waals surface area contributed by atoms with Crippen LogP contribution in [-0.2, 0) is 6.42 Å². The average molecular weight is 235 g/mol. The number of nitrogens with two attached hydrogens (primary N) is 1. The van der Waals surface area contributed by atoms with Gasteiger partial charge in [0.05, 0.1) is 12.2 Å². The van der Waals surface area contributed by atoms with Crippen molar-refractivity contribution < 1.29 is 9.84 Å². The molecule has 3 N–H and O–H groups in total. The van der Waals surface area contributed by atoms with Crippen LogP contribution in [0, 0.1) is 0 Å². The molecule has 3 nitrogen and oxygen atoms in total. The number of aryl methyl sites for hydroxylation is 1. The normalized spacial score (nSPS) is 19.2. The highest BCUT2D eigenvalue weighted by atomic mass is 16.5. The van der Waals surface area contributed by atoms with Gasteiger partial charge < -0.3 is 15.6 Å². The molecule has 0 amide bonds. The SMILES string of the molecule is CC(C)(O)CCOc1ccc2c(c1)CCC2N. The van der Waals surface area contributed by atoms with Gasteiger partial charge in [-0.15, -0.1) is 0 Å². The van der Waals surface area contributed by atoms with Crippen LogP contribution in [0.2, 0.25) is 0 Å². The molecule has 2 rings (SSSR count). The van der Waals surface area contributed by atoms with Crippen molar-refractivity contribution in [2.24, 2.45) is 5.73 Å². The smallest absolute Gasteiger partial charge is 0.119 e. The van der Waals surface area contributed by atoms with E-state index < -0.39 is 5.60 Å². The molecule has 0 heterocycles. The molecule has 0 spiro atoms. The third kappa shape index (κ3) is 3.20. The predicted octanol–water partition coefficient (Wildman–Crippen LogP) is 2.17. The predicted molar refractivity (Wildman–Crippen MR) is 68.1 cm³/mol. The number of hydrogen-bond donors (Lipinski definition) is 2. The third-order valence-electron chi connectivity index (χ3n) is 3.22. The maximum atomic E-state index is 9.59. The van der Waals surface area contributed by atoms with Gasteiger partial charge in [0, 0.05) is 12.5 Å². The minimum atomic E-state index is -0.668. The standard InChI is InChI=1S/C14H21NO2/c1-14(2,16)7-8-17-11-4-5-12-10(9-11)3-6-13(12)15/h4-5,9,13,16H,3,6-8,15H2,1-2H3. The fourth-order valence-electron chi connectivity index (χ4n) is 2.14. The second kappa shape index (κ2) is 4.67. The van der Waals surface area contributed by atoms with Gasteiger partial charge in [-0.3, -0.25) is 0 Å². The van der Waals surface area contributed by atoms with E-state index in [2.05, 4.69) is 12.1 Å². The number of hydrogen-bond acceptors (Lipinski definition) is 3. The molecule has 1 aromatic carbocycles. The summed E-state index contributed by atoms with van der Waals surface area (Å²) in [6, 6.07) is 6.29. The lowest BCUT2D eigenvalue weighted by molar-refractivity contribution is 0.0553. The van der Waals surface area contributed by atoms with Gasteiger partial charge in [-0.25, -0.2) is 0 Å². The van der Waals surface area contributed by atoms with Crippen LogP contribution in [0.5, 0.6) is 5.75 Å². The van der Waals surface area contributed by atoms with E-state index in [-0.39, 0.29) is 6.04 Å². The highest BCUT2D eigenvalue weighted by Gasteiger charge is 2.19. The molecular formula is C14H21NO2. The zero-order valence-corrected chi connectivity index (χ0v) is 10.6. The minimum absolute atomic E-state index is 0.190. The fourth-order valence-corrected chi connectivity index (χ4v) is 2.14. The van der Waals surface area contributed by atoms with Gasteiger partial charge in [-0.05, 0) is 49.9 Å². The van der Waals surface area contributed by atoms with Gasteiger partial charge in [0.15, 0.2) is 0 Å². The highest BCUT2D eigenvalue weighted by molar-refractivity contribution is 5.40. The maximum absolute atomic E-state index is 9.59. The van der Waals surface area contributed by atoms with Crippen molar-refractivity contribution >= 4 is 0 Å². The molecule has 1 aliphatic carbocycles. The molecule has 0 aliphatic heterocycles. The molecule has 94 valence electrons. The maximum Gasteiger partial charge on any atom is 0.119 e. The van der Waals surface area contributed by atoms with Crippen molar-refractivity contribution in [3.63, 3.8) is 0 Å². The number of ether oxygens (including phenoxy) is 1. The van der Waals surface area contributed by atoms with Gasteiger partial charge in [0.1, 0.15) is 5.75 Å². The van der Waals surface area contributed by atoms with Crippen molar-refractivity contribution in [2.75, 3.05) is 6.61 Å². The zero-order valence-electron chi connectivity index (χ0n) is 10.6. The van der Waals surface area contributed by atoms with Crippen LogP contribution in [0.25, 0.3) is 0 Å². The molecule has 1 unspecified atom stereocenters. The Balaban J connectivity index is 1.95. The van der Waals surface area contributed by atoms with Crippen LogP contribution >= 0.6 is 0 Å². The first-order chi connectivity index (χ1) is 7.96. The summed E-state index contributed by atoms with van der Waals surface area (Å²) in [4.78, 5) is 0. The molecular weight excluding hydrogens is 214 g/mol. The Labute approximate surface area is 103 Å². The van der Waals surface area contributed by atoms with E-state index in [0.717, 1.165) is 18.6 Å². The summed E-state index contributed by atoms with van der Waals surface area (Å²) in [5.74, 6) is 0.877. The number of fused-ring (bicyclic) bond motifs is 1. The molecule has 0 bridgehead atoms. The van der Waals surface area contributed by atoms with Crippen LogP contribution in [0.4, 0.5) is 0 Å². The Kier molecular flexibility index (Phi) is 3.40. The van der Waals surface area contributed by atoms with Crippen molar-refractivity contribution in [3.8, 4) is 5.75 Å². The molecule has 1 aromatic rings. The van der Waals surface area contributed by atoms with Gasteiger partial charge in [0.25, 0.3) is 0 Å². The van der Waals surface area contributed by atoms with Crippen LogP contribution in [0.15, 0.2) is 18.2 Å². The molecule has 1 aliphatic rings. The summed E-state index contributed by atoms with van der Waals surface area (Å²) < 4.78 is 5.64. The molecule has 0 saturated carbocycles. The van der Waals surface area contributed by atoms with Crippen molar-refractivity contribution in [1.82, 2.24) is 0 Å². The van der Waals surface area contributed by atoms with Crippen LogP contribution in [0.1, 0.15) is 43.9 Å². The van der Waals surface area contributed by atoms with Gasteiger partial charge in [-0.1, -0.05) is 6.07 Å². The first-order valence-electron chi connectivity index (χ1n) is 6.19. The van der Waals surface area contributed by atoms with E-state index in [1.165, 1.54) is 11.1 Å². The van der Waals surface area contributed by atoms with Crippen molar-refractivity contribution in [1.29, 1.82) is 0 Å². The van der Waals surface area contributed by atoms with E-state index in [4.69, 9.17) is 10.5 Å². The molecule has 0 aromatic heterocycles. The third-order valence-corrected chi connectivity index (χ3v) is 3.22. The monoisotopic (exact) mass is 235 g/mol. The minimum Gasteiger partial charge on any atom is -0.493 e. The molecule has 3 heteroatoms. The Hall–Kier alpha value is -1.06. The van der Waals surface area contributed by atoms with Crippen LogP contribution in [-0.4, -0.2) is 17.3 Å². The summed E-state index contributed by atoms with van der Waals surface area (Å²) in [5, 5.41) is 9.59. The average Bonchev–Trinajstić information content (AvgIpc) is 2.58. The number of rotatable bonds is 4. The quantitative estimate of drug-likeness (QED) is 0.841. The van der Waals surface area contributed by atoms with E-state index in [9.17, 15) is 5.11 Å². The first kappa shape index (κ1) is 12.4. The lowest BCUT2D eigenvalue weighted by atomic mass is 10.1. The summed E-state index contributed by atoms with van der Waals surface area (Å²) in [7, 11) is 0. The van der Waals surface area contributed by atoms with Crippen molar-refractivity contribution in [3.05, 3.63) is 29.3 Å². The fraction of sp³-hybridized carbons (Fsp3) is 0.571. The van der Waals surface area contributed by atoms with E-state index >= 15 is 0 Å². The second-order valence-corrected chi connectivity index (χ2v) is 5.42. The molecule has 0 radical (unpaired) electrons. The summed E-state index contributed by atoms with van der Waals surface area (Å²) in [5.41, 5.74) is 7.87. The molecule has 0 saturated heterocycles. The lowest BCUT2D eigenvalue weighted by Gasteiger charge is -2.17. The summed E-state index contributed by atoms with van der Waals surface area (Å²) >= 11 is 0. The highest BCUT2D eigenvalue weighted by Crippen LogP contribution is 2.31. The zero-order chi connectivity index (χ0) is 12.5. The number of aliphatic hydroxyl groups is 1. The topological polar surface area (TPSA) is 55.5 Å². The lowest BCUT2D eigenvalue weighted by Crippen LogP contribution is -2.21. The molecule has 1 atom stereocenters. The van der Waals surface area contributed by atoms with E-state index in [1.54, 1.807) is 13.8 Å². The molecule has 17 heavy (non-hydrogen) atoms. The Morgan fingerprint density at radius 3 is 2.94 bits per heavy atom. The Bertz CT molecular complexity index is 396. The second-order valence-electron chi connectivity index (χ2n) is 5.42.